The number of hydrogen-bond donors (Lipinski definition) is 2. The number of benzene rings is 1. The minimum Gasteiger partial charge on any atom is -0.312 e. The molecule has 32 heavy (non-hydrogen) atoms. The highest BCUT2D eigenvalue weighted by Gasteiger charge is 2.35. The highest BCUT2D eigenvalue weighted by Crippen LogP contribution is 2.28. The fraction of sp³-hybridized carbons (Fsp3) is 0.348. The van der Waals surface area contributed by atoms with Crippen molar-refractivity contribution in [1.82, 2.24) is 19.7 Å². The third-order valence-corrected chi connectivity index (χ3v) is 5.73. The van der Waals surface area contributed by atoms with Crippen molar-refractivity contribution in [3.05, 3.63) is 63.2 Å². The van der Waals surface area contributed by atoms with Gasteiger partial charge in [-0.1, -0.05) is 13.0 Å². The van der Waals surface area contributed by atoms with Crippen LogP contribution in [0.3, 0.4) is 0 Å². The van der Waals surface area contributed by atoms with Crippen molar-refractivity contribution in [1.29, 1.82) is 0 Å². The van der Waals surface area contributed by atoms with Gasteiger partial charge in [0.2, 0.25) is 17.8 Å². The number of rotatable bonds is 5. The van der Waals surface area contributed by atoms with Crippen LogP contribution in [0, 0.1) is 26.7 Å². The second kappa shape index (κ2) is 8.41. The molecule has 9 heteroatoms. The minimum atomic E-state index is -0.498. The van der Waals surface area contributed by atoms with E-state index in [0.29, 0.717) is 30.2 Å². The number of anilines is 2. The van der Waals surface area contributed by atoms with Gasteiger partial charge in [0.05, 0.1) is 11.6 Å². The Bertz CT molecular complexity index is 1260. The molecule has 1 fully saturated rings. The number of aromatic nitrogens is 4. The average molecular weight is 435 g/mol. The summed E-state index contributed by atoms with van der Waals surface area (Å²) in [5.41, 5.74) is 4.04. The molecular formula is C23H26N6O3. The highest BCUT2D eigenvalue weighted by molar-refractivity contribution is 6.03. The first kappa shape index (κ1) is 21.5. The van der Waals surface area contributed by atoms with Crippen molar-refractivity contribution in [3.8, 4) is 5.95 Å². The smallest absolute Gasteiger partial charge is 0.252 e. The molecule has 0 bridgehead atoms. The van der Waals surface area contributed by atoms with Gasteiger partial charge < -0.3 is 10.2 Å². The third-order valence-electron chi connectivity index (χ3n) is 5.73. The maximum Gasteiger partial charge on any atom is 0.252 e. The van der Waals surface area contributed by atoms with E-state index in [9.17, 15) is 14.4 Å². The van der Waals surface area contributed by atoms with E-state index in [4.69, 9.17) is 0 Å². The Kier molecular flexibility index (Phi) is 5.65. The van der Waals surface area contributed by atoms with Crippen LogP contribution in [0.5, 0.6) is 0 Å². The zero-order valence-electron chi connectivity index (χ0n) is 18.6. The lowest BCUT2D eigenvalue weighted by molar-refractivity contribution is -0.122. The maximum absolute atomic E-state index is 13.0. The Morgan fingerprint density at radius 1 is 1.16 bits per heavy atom. The number of H-pyrrole nitrogens is 1. The Morgan fingerprint density at radius 3 is 2.66 bits per heavy atom. The summed E-state index contributed by atoms with van der Waals surface area (Å²) < 4.78 is 1.41. The SMILES string of the molecule is CCc1cc(=O)[nH]c(-n2nc(C)cc2NC(=O)[C@H]2CC(=O)N(c3ccc(C)c(C)c3)C2)n1. The zero-order chi connectivity index (χ0) is 23.0. The minimum absolute atomic E-state index is 0.0836. The Balaban J connectivity index is 1.55. The number of carbonyl (C=O) groups excluding carboxylic acids is 2. The molecule has 3 heterocycles. The molecule has 1 atom stereocenters. The second-order valence-corrected chi connectivity index (χ2v) is 8.16. The molecule has 166 valence electrons. The van der Waals surface area contributed by atoms with Gasteiger partial charge in [-0.25, -0.2) is 4.98 Å². The average Bonchev–Trinajstić information content (AvgIpc) is 3.32. The van der Waals surface area contributed by atoms with Crippen LogP contribution in [-0.2, 0) is 16.0 Å². The topological polar surface area (TPSA) is 113 Å². The van der Waals surface area contributed by atoms with E-state index >= 15 is 0 Å². The van der Waals surface area contributed by atoms with Crippen LogP contribution >= 0.6 is 0 Å². The van der Waals surface area contributed by atoms with Gasteiger partial charge >= 0.3 is 0 Å². The fourth-order valence-corrected chi connectivity index (χ4v) is 3.78. The lowest BCUT2D eigenvalue weighted by Gasteiger charge is -2.18. The molecule has 0 unspecified atom stereocenters. The maximum atomic E-state index is 13.0. The summed E-state index contributed by atoms with van der Waals surface area (Å²) in [6.07, 6.45) is 0.726. The van der Waals surface area contributed by atoms with Gasteiger partial charge in [0.25, 0.3) is 5.56 Å². The Morgan fingerprint density at radius 2 is 1.94 bits per heavy atom. The fourth-order valence-electron chi connectivity index (χ4n) is 3.78. The molecule has 9 nitrogen and oxygen atoms in total. The molecule has 2 amide bonds. The number of carbonyl (C=O) groups is 2. The van der Waals surface area contributed by atoms with E-state index in [0.717, 1.165) is 16.8 Å². The van der Waals surface area contributed by atoms with Gasteiger partial charge in [0.15, 0.2) is 0 Å². The molecule has 1 aliphatic heterocycles. The van der Waals surface area contributed by atoms with Crippen molar-refractivity contribution in [2.24, 2.45) is 5.92 Å². The lowest BCUT2D eigenvalue weighted by atomic mass is 10.1. The summed E-state index contributed by atoms with van der Waals surface area (Å²) in [5.74, 6) is -0.237. The second-order valence-electron chi connectivity index (χ2n) is 8.16. The van der Waals surface area contributed by atoms with Crippen molar-refractivity contribution >= 4 is 23.3 Å². The highest BCUT2D eigenvalue weighted by atomic mass is 16.2. The first-order valence-corrected chi connectivity index (χ1v) is 10.6. The van der Waals surface area contributed by atoms with Crippen LogP contribution in [0.1, 0.15) is 35.9 Å². The van der Waals surface area contributed by atoms with Gasteiger partial charge in [-0.15, -0.1) is 0 Å². The van der Waals surface area contributed by atoms with Crippen molar-refractivity contribution < 1.29 is 9.59 Å². The molecule has 3 aromatic rings. The molecule has 2 aromatic heterocycles. The summed E-state index contributed by atoms with van der Waals surface area (Å²) >= 11 is 0. The van der Waals surface area contributed by atoms with Crippen LogP contribution in [0.15, 0.2) is 35.1 Å². The zero-order valence-corrected chi connectivity index (χ0v) is 18.6. The number of aryl methyl sites for hydroxylation is 4. The molecule has 4 rings (SSSR count). The van der Waals surface area contributed by atoms with E-state index in [1.54, 1.807) is 17.9 Å². The molecule has 1 aromatic carbocycles. The van der Waals surface area contributed by atoms with Crippen LogP contribution < -0.4 is 15.8 Å². The van der Waals surface area contributed by atoms with Crippen LogP contribution in [0.2, 0.25) is 0 Å². The number of nitrogens with one attached hydrogen (secondary N) is 2. The number of aromatic amines is 1. The van der Waals surface area contributed by atoms with Crippen LogP contribution in [-0.4, -0.2) is 38.1 Å². The predicted molar refractivity (Wildman–Crippen MR) is 121 cm³/mol. The van der Waals surface area contributed by atoms with Gasteiger partial charge in [-0.2, -0.15) is 9.78 Å². The number of amides is 2. The molecular weight excluding hydrogens is 408 g/mol. The predicted octanol–water partition coefficient (Wildman–Crippen LogP) is 2.43. The molecule has 2 N–H and O–H groups in total. The summed E-state index contributed by atoms with van der Waals surface area (Å²) in [5, 5.41) is 7.23. The number of nitrogens with zero attached hydrogens (tertiary/aromatic N) is 4. The van der Waals surface area contributed by atoms with Gasteiger partial charge in [-0.3, -0.25) is 19.4 Å². The summed E-state index contributed by atoms with van der Waals surface area (Å²) in [6.45, 7) is 8.01. The summed E-state index contributed by atoms with van der Waals surface area (Å²) in [6, 6.07) is 8.99. The summed E-state index contributed by atoms with van der Waals surface area (Å²) in [7, 11) is 0. The molecule has 0 spiro atoms. The van der Waals surface area contributed by atoms with Crippen LogP contribution in [0.4, 0.5) is 11.5 Å². The first-order valence-electron chi connectivity index (χ1n) is 10.6. The Hall–Kier alpha value is -3.75. The monoisotopic (exact) mass is 434 g/mol. The van der Waals surface area contributed by atoms with Gasteiger partial charge in [0.1, 0.15) is 5.82 Å². The Labute approximate surface area is 185 Å². The normalized spacial score (nSPS) is 15.9. The first-order chi connectivity index (χ1) is 15.2. The van der Waals surface area contributed by atoms with Crippen molar-refractivity contribution in [2.45, 2.75) is 40.5 Å². The molecule has 0 saturated carbocycles. The van der Waals surface area contributed by atoms with E-state index in [1.807, 2.05) is 39.0 Å². The molecule has 1 saturated heterocycles. The summed E-state index contributed by atoms with van der Waals surface area (Å²) in [4.78, 5) is 46.3. The van der Waals surface area contributed by atoms with E-state index in [1.165, 1.54) is 10.7 Å². The van der Waals surface area contributed by atoms with E-state index in [-0.39, 0.29) is 29.7 Å². The van der Waals surface area contributed by atoms with Crippen molar-refractivity contribution in [2.75, 3.05) is 16.8 Å². The van der Waals surface area contributed by atoms with Crippen molar-refractivity contribution in [3.63, 3.8) is 0 Å². The molecule has 0 radical (unpaired) electrons. The van der Waals surface area contributed by atoms with Gasteiger partial charge in [0, 0.05) is 36.5 Å². The van der Waals surface area contributed by atoms with E-state index < -0.39 is 5.92 Å². The van der Waals surface area contributed by atoms with Gasteiger partial charge in [-0.05, 0) is 50.5 Å². The number of hydrogen-bond acceptors (Lipinski definition) is 5. The lowest BCUT2D eigenvalue weighted by Crippen LogP contribution is -2.29. The quantitative estimate of drug-likeness (QED) is 0.640. The largest absolute Gasteiger partial charge is 0.312 e. The third kappa shape index (κ3) is 4.18. The standard InChI is InChI=1S/C23H26N6O3/c1-5-17-11-20(30)26-23(24-17)29-19(9-15(4)27-29)25-22(32)16-10-21(31)28(12-16)18-7-6-13(2)14(3)8-18/h6-9,11,16H,5,10,12H2,1-4H3,(H,25,32)(H,24,26,30)/t16-/m0/s1. The molecule has 1 aliphatic rings. The van der Waals surface area contributed by atoms with Crippen LogP contribution in [0.25, 0.3) is 5.95 Å². The molecule has 0 aliphatic carbocycles. The van der Waals surface area contributed by atoms with E-state index in [2.05, 4.69) is 20.4 Å².